The number of benzene rings is 1. The fourth-order valence-electron chi connectivity index (χ4n) is 4.88. The number of aliphatic hydroxyl groups excluding tert-OH is 1. The first-order chi connectivity index (χ1) is 17.8. The molecule has 10 nitrogen and oxygen atoms in total. The van der Waals surface area contributed by atoms with Crippen molar-refractivity contribution >= 4 is 23.8 Å². The number of amides is 4. The smallest absolute Gasteiger partial charge is 0.410 e. The summed E-state index contributed by atoms with van der Waals surface area (Å²) < 4.78 is 5.55. The van der Waals surface area contributed by atoms with E-state index < -0.39 is 47.6 Å². The normalized spacial score (nSPS) is 22.7. The molecule has 0 saturated carbocycles. The van der Waals surface area contributed by atoms with Crippen molar-refractivity contribution in [2.45, 2.75) is 90.6 Å². The molecule has 4 N–H and O–H groups in total. The van der Waals surface area contributed by atoms with E-state index in [1.165, 1.54) is 4.90 Å². The van der Waals surface area contributed by atoms with Crippen LogP contribution in [0.3, 0.4) is 0 Å². The second-order valence-corrected chi connectivity index (χ2v) is 12.1. The third kappa shape index (κ3) is 8.18. The quantitative estimate of drug-likeness (QED) is 0.406. The molecule has 1 aromatic rings. The Kier molecular flexibility index (Phi) is 9.40. The minimum Gasteiger partial charge on any atom is -0.444 e. The van der Waals surface area contributed by atoms with Gasteiger partial charge in [0.2, 0.25) is 11.8 Å². The molecule has 10 heteroatoms. The fraction of sp³-hybridized carbons (Fsp3) is 0.643. The second-order valence-electron chi connectivity index (χ2n) is 12.1. The van der Waals surface area contributed by atoms with E-state index in [4.69, 9.17) is 4.74 Å². The van der Waals surface area contributed by atoms with E-state index >= 15 is 0 Å². The first-order valence-electron chi connectivity index (χ1n) is 13.3. The molecule has 2 saturated heterocycles. The van der Waals surface area contributed by atoms with Gasteiger partial charge in [-0.15, -0.1) is 0 Å². The maximum atomic E-state index is 13.6. The number of piperidine rings is 1. The van der Waals surface area contributed by atoms with Gasteiger partial charge in [-0.2, -0.15) is 0 Å². The fourth-order valence-corrected chi connectivity index (χ4v) is 4.88. The number of ether oxygens (including phenoxy) is 1. The summed E-state index contributed by atoms with van der Waals surface area (Å²) in [6.45, 7) is 10.4. The summed E-state index contributed by atoms with van der Waals surface area (Å²) in [6, 6.07) is 7.41. The Labute approximate surface area is 224 Å². The van der Waals surface area contributed by atoms with E-state index in [9.17, 15) is 24.3 Å². The zero-order chi connectivity index (χ0) is 28.1. The Hall–Kier alpha value is -3.14. The van der Waals surface area contributed by atoms with Crippen LogP contribution >= 0.6 is 0 Å². The zero-order valence-electron chi connectivity index (χ0n) is 23.1. The van der Waals surface area contributed by atoms with E-state index in [-0.39, 0.29) is 24.3 Å². The Morgan fingerprint density at radius 2 is 1.89 bits per heavy atom. The highest BCUT2D eigenvalue weighted by atomic mass is 16.6. The lowest BCUT2D eigenvalue weighted by Crippen LogP contribution is -2.60. The molecule has 4 amide bonds. The molecule has 0 aliphatic carbocycles. The molecule has 0 aromatic heterocycles. The van der Waals surface area contributed by atoms with Gasteiger partial charge in [-0.1, -0.05) is 44.2 Å². The zero-order valence-corrected chi connectivity index (χ0v) is 23.1. The summed E-state index contributed by atoms with van der Waals surface area (Å²) in [5.74, 6) is -1.75. The van der Waals surface area contributed by atoms with Gasteiger partial charge in [-0.05, 0) is 57.4 Å². The Bertz CT molecular complexity index is 1010. The lowest BCUT2D eigenvalue weighted by Gasteiger charge is -2.43. The maximum Gasteiger partial charge on any atom is 0.410 e. The van der Waals surface area contributed by atoms with Crippen molar-refractivity contribution in [2.75, 3.05) is 13.1 Å². The van der Waals surface area contributed by atoms with E-state index in [2.05, 4.69) is 16.0 Å². The van der Waals surface area contributed by atoms with Crippen LogP contribution in [0.1, 0.15) is 65.9 Å². The van der Waals surface area contributed by atoms with E-state index in [1.807, 2.05) is 44.2 Å². The lowest BCUT2D eigenvalue weighted by atomic mass is 9.78. The molecule has 0 spiro atoms. The molecule has 1 unspecified atom stereocenters. The van der Waals surface area contributed by atoms with Crippen molar-refractivity contribution in [3.8, 4) is 0 Å². The number of rotatable bonds is 8. The number of carbonyl (C=O) groups is 4. The SMILES string of the molecule is CC1(C)CCN(C(=O)OC(C)(C)C)[C@H](C(=O)N[C@@H](C[C@@H]2CCNC2=O)C(O)C(=O)NCc2ccccc2)C1. The number of aliphatic hydroxyl groups is 1. The highest BCUT2D eigenvalue weighted by Crippen LogP contribution is 2.35. The van der Waals surface area contributed by atoms with Gasteiger partial charge in [0, 0.05) is 25.6 Å². The molecular formula is C28H42N4O6. The van der Waals surface area contributed by atoms with E-state index in [0.29, 0.717) is 32.4 Å². The Morgan fingerprint density at radius 1 is 1.21 bits per heavy atom. The predicted molar refractivity (Wildman–Crippen MR) is 142 cm³/mol. The number of hydrogen-bond acceptors (Lipinski definition) is 6. The van der Waals surface area contributed by atoms with Crippen LogP contribution in [0.25, 0.3) is 0 Å². The van der Waals surface area contributed by atoms with Crippen molar-refractivity contribution in [3.05, 3.63) is 35.9 Å². The highest BCUT2D eigenvalue weighted by Gasteiger charge is 2.43. The van der Waals surface area contributed by atoms with Gasteiger partial charge < -0.3 is 25.8 Å². The highest BCUT2D eigenvalue weighted by molar-refractivity contribution is 5.88. The van der Waals surface area contributed by atoms with Gasteiger partial charge in [0.25, 0.3) is 5.91 Å². The molecular weight excluding hydrogens is 488 g/mol. The maximum absolute atomic E-state index is 13.6. The minimum atomic E-state index is -1.58. The molecule has 210 valence electrons. The summed E-state index contributed by atoms with van der Waals surface area (Å²) in [7, 11) is 0. The Balaban J connectivity index is 1.77. The van der Waals surface area contributed by atoms with E-state index in [0.717, 1.165) is 5.56 Å². The number of carbonyl (C=O) groups excluding carboxylic acids is 4. The molecule has 1 aromatic carbocycles. The summed E-state index contributed by atoms with van der Waals surface area (Å²) in [5, 5.41) is 19.3. The summed E-state index contributed by atoms with van der Waals surface area (Å²) in [5.41, 5.74) is -0.0648. The van der Waals surface area contributed by atoms with Crippen LogP contribution in [0.4, 0.5) is 4.79 Å². The third-order valence-electron chi connectivity index (χ3n) is 7.07. The number of hydrogen-bond donors (Lipinski definition) is 4. The van der Waals surface area contributed by atoms with Crippen LogP contribution in [0.2, 0.25) is 0 Å². The van der Waals surface area contributed by atoms with Crippen molar-refractivity contribution in [1.29, 1.82) is 0 Å². The Morgan fingerprint density at radius 3 is 2.50 bits per heavy atom. The molecule has 4 atom stereocenters. The third-order valence-corrected chi connectivity index (χ3v) is 7.07. The molecule has 0 bridgehead atoms. The number of nitrogens with one attached hydrogen (secondary N) is 3. The van der Waals surface area contributed by atoms with Gasteiger partial charge in [-0.25, -0.2) is 4.79 Å². The average Bonchev–Trinajstić information content (AvgIpc) is 3.24. The molecule has 2 aliphatic rings. The predicted octanol–water partition coefficient (Wildman–Crippen LogP) is 2.10. The molecule has 2 heterocycles. The monoisotopic (exact) mass is 530 g/mol. The molecule has 38 heavy (non-hydrogen) atoms. The van der Waals surface area contributed by atoms with Gasteiger partial charge >= 0.3 is 6.09 Å². The molecule has 2 aliphatic heterocycles. The lowest BCUT2D eigenvalue weighted by molar-refractivity contribution is -0.136. The molecule has 2 fully saturated rings. The second kappa shape index (κ2) is 12.1. The number of nitrogens with zero attached hydrogens (tertiary/aromatic N) is 1. The van der Waals surface area contributed by atoms with Crippen LogP contribution in [0.5, 0.6) is 0 Å². The van der Waals surface area contributed by atoms with Crippen LogP contribution in [-0.4, -0.2) is 70.7 Å². The first-order valence-corrected chi connectivity index (χ1v) is 13.3. The minimum absolute atomic E-state index is 0.0973. The summed E-state index contributed by atoms with van der Waals surface area (Å²) in [6.07, 6.45) is -0.426. The molecule has 0 radical (unpaired) electrons. The van der Waals surface area contributed by atoms with Gasteiger partial charge in [0.15, 0.2) is 6.10 Å². The first kappa shape index (κ1) is 29.4. The van der Waals surface area contributed by atoms with Crippen molar-refractivity contribution in [3.63, 3.8) is 0 Å². The van der Waals surface area contributed by atoms with Gasteiger partial charge in [-0.3, -0.25) is 19.3 Å². The van der Waals surface area contributed by atoms with Crippen LogP contribution < -0.4 is 16.0 Å². The van der Waals surface area contributed by atoms with Crippen molar-refractivity contribution < 1.29 is 29.0 Å². The standard InChI is InChI=1S/C28H42N4O6/c1-27(2,3)38-26(37)32-14-12-28(4,5)16-21(32)24(35)31-20(15-19-11-13-29-23(19)34)22(33)25(36)30-17-18-9-7-6-8-10-18/h6-10,19-22,33H,11-17H2,1-5H3,(H,29,34)(H,30,36)(H,31,35)/t19-,20-,21-,22?/m0/s1. The van der Waals surface area contributed by atoms with Crippen LogP contribution in [0, 0.1) is 11.3 Å². The van der Waals surface area contributed by atoms with Crippen LogP contribution in [-0.2, 0) is 25.7 Å². The van der Waals surface area contributed by atoms with Gasteiger partial charge in [0.1, 0.15) is 11.6 Å². The van der Waals surface area contributed by atoms with E-state index in [1.54, 1.807) is 20.8 Å². The average molecular weight is 531 g/mol. The topological polar surface area (TPSA) is 137 Å². The number of likely N-dealkylation sites (tertiary alicyclic amines) is 1. The van der Waals surface area contributed by atoms with Crippen molar-refractivity contribution in [2.24, 2.45) is 11.3 Å². The summed E-state index contributed by atoms with van der Waals surface area (Å²) in [4.78, 5) is 53.2. The summed E-state index contributed by atoms with van der Waals surface area (Å²) >= 11 is 0. The van der Waals surface area contributed by atoms with Crippen molar-refractivity contribution in [1.82, 2.24) is 20.9 Å². The van der Waals surface area contributed by atoms with Crippen LogP contribution in [0.15, 0.2) is 30.3 Å². The van der Waals surface area contributed by atoms with Gasteiger partial charge in [0.05, 0.1) is 6.04 Å². The molecule has 3 rings (SSSR count). The largest absolute Gasteiger partial charge is 0.444 e.